The van der Waals surface area contributed by atoms with Gasteiger partial charge in [-0.2, -0.15) is 0 Å². The molecule has 8 heteroatoms. The number of nitrogens with zero attached hydrogens (tertiary/aromatic N) is 4. The zero-order valence-corrected chi connectivity index (χ0v) is 10.0. The molecule has 0 saturated carbocycles. The fourth-order valence-corrected chi connectivity index (χ4v) is 1.25. The number of hydrogen-bond donors (Lipinski definition) is 2. The Balaban J connectivity index is 2.14. The fraction of sp³-hybridized carbons (Fsp3) is 0. The van der Waals surface area contributed by atoms with Crippen LogP contribution in [0.25, 0.3) is 0 Å². The number of carbonyl (C=O) groups excluding carboxylic acids is 1. The number of nitrogens with one attached hydrogen (secondary N) is 1. The van der Waals surface area contributed by atoms with Crippen molar-refractivity contribution in [3.63, 3.8) is 0 Å². The molecule has 0 aromatic carbocycles. The van der Waals surface area contributed by atoms with Crippen LogP contribution in [0.2, 0.25) is 0 Å². The summed E-state index contributed by atoms with van der Waals surface area (Å²) in [4.78, 5) is 27.2. The van der Waals surface area contributed by atoms with E-state index in [0.717, 1.165) is 0 Å². The van der Waals surface area contributed by atoms with Crippen LogP contribution in [0.5, 0.6) is 0 Å². The maximum absolute atomic E-state index is 11.7. The molecule has 0 bridgehead atoms. The minimum Gasteiger partial charge on any atom is -0.382 e. The Morgan fingerprint density at radius 1 is 1.24 bits per heavy atom. The van der Waals surface area contributed by atoms with Crippen LogP contribution in [0, 0.1) is 0 Å². The lowest BCUT2D eigenvalue weighted by Gasteiger charge is -2.03. The highest BCUT2D eigenvalue weighted by Gasteiger charge is 2.09. The molecular formula is C9H7BrN6O. The lowest BCUT2D eigenvalue weighted by molar-refractivity contribution is 0.102. The first kappa shape index (κ1) is 11.4. The largest absolute Gasteiger partial charge is 0.382 e. The maximum Gasteiger partial charge on any atom is 0.277 e. The highest BCUT2D eigenvalue weighted by Crippen LogP contribution is 2.07. The van der Waals surface area contributed by atoms with Gasteiger partial charge in [-0.3, -0.25) is 9.78 Å². The van der Waals surface area contributed by atoms with Crippen molar-refractivity contribution >= 4 is 33.5 Å². The third kappa shape index (κ3) is 2.94. The molecule has 0 aliphatic carbocycles. The number of nitrogen functional groups attached to an aromatic ring is 1. The van der Waals surface area contributed by atoms with Gasteiger partial charge in [0.25, 0.3) is 5.91 Å². The Morgan fingerprint density at radius 2 is 2.06 bits per heavy atom. The third-order valence-electron chi connectivity index (χ3n) is 1.75. The Bertz CT molecular complexity index is 543. The van der Waals surface area contributed by atoms with E-state index in [9.17, 15) is 4.79 Å². The fourth-order valence-electron chi connectivity index (χ4n) is 1.05. The van der Waals surface area contributed by atoms with Crippen molar-refractivity contribution in [2.24, 2.45) is 0 Å². The Kier molecular flexibility index (Phi) is 3.24. The second kappa shape index (κ2) is 4.83. The van der Waals surface area contributed by atoms with E-state index in [1.54, 1.807) is 0 Å². The van der Waals surface area contributed by atoms with E-state index < -0.39 is 5.91 Å². The molecule has 0 atom stereocenters. The SMILES string of the molecule is Nc1cncc(C(=O)Nc2cnc(Br)cn2)n1. The first-order valence-corrected chi connectivity index (χ1v) is 5.31. The van der Waals surface area contributed by atoms with E-state index in [-0.39, 0.29) is 11.5 Å². The molecule has 0 saturated heterocycles. The van der Waals surface area contributed by atoms with Gasteiger partial charge in [-0.25, -0.2) is 15.0 Å². The van der Waals surface area contributed by atoms with E-state index in [4.69, 9.17) is 5.73 Å². The van der Waals surface area contributed by atoms with Gasteiger partial charge >= 0.3 is 0 Å². The quantitative estimate of drug-likeness (QED) is 0.851. The predicted molar refractivity (Wildman–Crippen MR) is 64.1 cm³/mol. The first-order chi connectivity index (χ1) is 8.15. The van der Waals surface area contributed by atoms with Crippen LogP contribution in [0.1, 0.15) is 10.5 Å². The molecule has 0 fully saturated rings. The van der Waals surface area contributed by atoms with Gasteiger partial charge < -0.3 is 11.1 Å². The van der Waals surface area contributed by atoms with Gasteiger partial charge in [0, 0.05) is 0 Å². The lowest BCUT2D eigenvalue weighted by Crippen LogP contribution is -2.15. The summed E-state index contributed by atoms with van der Waals surface area (Å²) in [5.74, 6) is 0.0587. The highest BCUT2D eigenvalue weighted by atomic mass is 79.9. The molecule has 0 radical (unpaired) electrons. The number of carbonyl (C=O) groups is 1. The summed E-state index contributed by atoms with van der Waals surface area (Å²) in [6.45, 7) is 0. The van der Waals surface area contributed by atoms with E-state index in [0.29, 0.717) is 10.4 Å². The summed E-state index contributed by atoms with van der Waals surface area (Å²) in [6, 6.07) is 0. The minimum absolute atomic E-state index is 0.120. The van der Waals surface area contributed by atoms with Crippen molar-refractivity contribution in [3.8, 4) is 0 Å². The van der Waals surface area contributed by atoms with Crippen molar-refractivity contribution in [1.29, 1.82) is 0 Å². The number of amides is 1. The Labute approximate surface area is 105 Å². The molecule has 2 aromatic rings. The number of nitrogens with two attached hydrogens (primary N) is 1. The second-order valence-electron chi connectivity index (χ2n) is 3.01. The minimum atomic E-state index is -0.443. The zero-order chi connectivity index (χ0) is 12.3. The molecule has 2 heterocycles. The molecule has 0 unspecified atom stereocenters. The number of rotatable bonds is 2. The molecule has 2 rings (SSSR count). The summed E-state index contributed by atoms with van der Waals surface area (Å²) >= 11 is 3.14. The van der Waals surface area contributed by atoms with Gasteiger partial charge in [0.2, 0.25) is 0 Å². The van der Waals surface area contributed by atoms with E-state index in [1.165, 1.54) is 24.8 Å². The normalized spacial score (nSPS) is 9.94. The maximum atomic E-state index is 11.7. The van der Waals surface area contributed by atoms with Crippen molar-refractivity contribution in [1.82, 2.24) is 19.9 Å². The van der Waals surface area contributed by atoms with Crippen LogP contribution in [-0.2, 0) is 0 Å². The van der Waals surface area contributed by atoms with Crippen LogP contribution in [0.15, 0.2) is 29.4 Å². The molecule has 0 spiro atoms. The predicted octanol–water partition coefficient (Wildman–Crippen LogP) is 0.864. The highest BCUT2D eigenvalue weighted by molar-refractivity contribution is 9.10. The van der Waals surface area contributed by atoms with E-state index in [2.05, 4.69) is 41.2 Å². The van der Waals surface area contributed by atoms with Gasteiger partial charge in [0.1, 0.15) is 16.1 Å². The number of halogens is 1. The van der Waals surface area contributed by atoms with Crippen LogP contribution >= 0.6 is 15.9 Å². The topological polar surface area (TPSA) is 107 Å². The molecule has 0 aliphatic rings. The van der Waals surface area contributed by atoms with Crippen molar-refractivity contribution in [2.45, 2.75) is 0 Å². The zero-order valence-electron chi connectivity index (χ0n) is 8.46. The smallest absolute Gasteiger partial charge is 0.277 e. The molecule has 86 valence electrons. The van der Waals surface area contributed by atoms with Gasteiger partial charge in [-0.15, -0.1) is 0 Å². The van der Waals surface area contributed by atoms with Gasteiger partial charge in [0.05, 0.1) is 24.8 Å². The van der Waals surface area contributed by atoms with Crippen LogP contribution < -0.4 is 11.1 Å². The lowest BCUT2D eigenvalue weighted by atomic mass is 10.4. The first-order valence-electron chi connectivity index (χ1n) is 4.51. The van der Waals surface area contributed by atoms with Crippen molar-refractivity contribution in [2.75, 3.05) is 11.1 Å². The Hall–Kier alpha value is -2.09. The molecular weight excluding hydrogens is 288 g/mol. The average Bonchev–Trinajstić information content (AvgIpc) is 2.32. The van der Waals surface area contributed by atoms with Crippen LogP contribution in [0.4, 0.5) is 11.6 Å². The molecule has 1 amide bonds. The summed E-state index contributed by atoms with van der Waals surface area (Å²) in [6.07, 6.45) is 5.57. The van der Waals surface area contributed by atoms with Crippen molar-refractivity contribution in [3.05, 3.63) is 35.1 Å². The standard InChI is InChI=1S/C9H7BrN6O/c10-6-2-14-8(4-13-6)16-9(17)5-1-12-3-7(11)15-5/h1-4H,(H2,11,15)(H,14,16,17). The van der Waals surface area contributed by atoms with Crippen molar-refractivity contribution < 1.29 is 4.79 Å². The molecule has 7 nitrogen and oxygen atoms in total. The average molecular weight is 295 g/mol. The van der Waals surface area contributed by atoms with Crippen LogP contribution in [-0.4, -0.2) is 25.8 Å². The number of aromatic nitrogens is 4. The molecule has 0 aliphatic heterocycles. The summed E-state index contributed by atoms with van der Waals surface area (Å²) < 4.78 is 0.583. The van der Waals surface area contributed by atoms with Gasteiger partial charge in [-0.1, -0.05) is 0 Å². The summed E-state index contributed by atoms with van der Waals surface area (Å²) in [7, 11) is 0. The summed E-state index contributed by atoms with van der Waals surface area (Å²) in [5.41, 5.74) is 5.54. The van der Waals surface area contributed by atoms with Gasteiger partial charge in [0.15, 0.2) is 5.82 Å². The molecule has 17 heavy (non-hydrogen) atoms. The Morgan fingerprint density at radius 3 is 2.71 bits per heavy atom. The van der Waals surface area contributed by atoms with E-state index in [1.807, 2.05) is 0 Å². The van der Waals surface area contributed by atoms with Crippen LogP contribution in [0.3, 0.4) is 0 Å². The summed E-state index contributed by atoms with van der Waals surface area (Å²) in [5, 5.41) is 2.52. The number of hydrogen-bond acceptors (Lipinski definition) is 6. The second-order valence-corrected chi connectivity index (χ2v) is 3.82. The van der Waals surface area contributed by atoms with Gasteiger partial charge in [-0.05, 0) is 15.9 Å². The van der Waals surface area contributed by atoms with E-state index >= 15 is 0 Å². The third-order valence-corrected chi connectivity index (χ3v) is 2.16. The molecule has 3 N–H and O–H groups in total. The number of anilines is 2. The molecule has 2 aromatic heterocycles. The monoisotopic (exact) mass is 294 g/mol.